The van der Waals surface area contributed by atoms with Gasteiger partial charge in [-0.3, -0.25) is 5.14 Å². The normalized spacial score (nSPS) is 10.2. The van der Waals surface area contributed by atoms with Crippen LogP contribution in [0, 0.1) is 0 Å². The molecule has 4 heteroatoms. The van der Waals surface area contributed by atoms with Crippen molar-refractivity contribution in [1.29, 1.82) is 0 Å². The number of nitrogens with two attached hydrogens (primary N) is 1. The van der Waals surface area contributed by atoms with Crippen LogP contribution in [0.25, 0.3) is 11.5 Å². The summed E-state index contributed by atoms with van der Waals surface area (Å²) < 4.78 is 5.14. The minimum absolute atomic E-state index is 0.633. The Hall–Kier alpha value is -1.26. The molecule has 0 saturated heterocycles. The molecule has 0 fully saturated rings. The first kappa shape index (κ1) is 8.34. The SMILES string of the molecule is NSc1ccc(-c2ncco2)cc1. The number of hydrogen-bond donors (Lipinski definition) is 1. The molecule has 0 radical (unpaired) electrons. The molecule has 1 heterocycles. The van der Waals surface area contributed by atoms with Gasteiger partial charge in [0, 0.05) is 10.5 Å². The van der Waals surface area contributed by atoms with Gasteiger partial charge in [0.2, 0.25) is 5.89 Å². The van der Waals surface area contributed by atoms with Gasteiger partial charge in [-0.25, -0.2) is 4.98 Å². The smallest absolute Gasteiger partial charge is 0.225 e. The molecule has 0 aliphatic heterocycles. The Balaban J connectivity index is 2.33. The molecule has 13 heavy (non-hydrogen) atoms. The Morgan fingerprint density at radius 3 is 2.54 bits per heavy atom. The maximum Gasteiger partial charge on any atom is 0.225 e. The third-order valence-corrected chi connectivity index (χ3v) is 2.21. The van der Waals surface area contributed by atoms with Gasteiger partial charge < -0.3 is 4.42 Å². The van der Waals surface area contributed by atoms with Crippen molar-refractivity contribution in [3.05, 3.63) is 36.7 Å². The first-order valence-corrected chi connectivity index (χ1v) is 4.65. The Morgan fingerprint density at radius 1 is 1.23 bits per heavy atom. The van der Waals surface area contributed by atoms with Crippen LogP contribution in [0.5, 0.6) is 0 Å². The quantitative estimate of drug-likeness (QED) is 0.742. The van der Waals surface area contributed by atoms with E-state index in [0.29, 0.717) is 5.89 Å². The van der Waals surface area contributed by atoms with Crippen molar-refractivity contribution in [3.8, 4) is 11.5 Å². The third kappa shape index (κ3) is 1.74. The second-order valence-electron chi connectivity index (χ2n) is 2.48. The molecule has 0 amide bonds. The standard InChI is InChI=1S/C9H8N2OS/c10-13-8-3-1-7(2-4-8)9-11-5-6-12-9/h1-6H,10H2. The number of rotatable bonds is 2. The number of oxazole rings is 1. The predicted molar refractivity (Wildman–Crippen MR) is 52.0 cm³/mol. The highest BCUT2D eigenvalue weighted by atomic mass is 32.2. The van der Waals surface area contributed by atoms with E-state index in [0.717, 1.165) is 10.5 Å². The fourth-order valence-electron chi connectivity index (χ4n) is 1.04. The molecule has 0 aliphatic carbocycles. The molecule has 2 N–H and O–H groups in total. The molecular weight excluding hydrogens is 184 g/mol. The Labute approximate surface area is 80.1 Å². The summed E-state index contributed by atoms with van der Waals surface area (Å²) in [7, 11) is 0. The van der Waals surface area contributed by atoms with Gasteiger partial charge in [-0.05, 0) is 36.2 Å². The van der Waals surface area contributed by atoms with Gasteiger partial charge in [-0.1, -0.05) is 0 Å². The van der Waals surface area contributed by atoms with Gasteiger partial charge in [0.1, 0.15) is 6.26 Å². The molecule has 0 atom stereocenters. The van der Waals surface area contributed by atoms with Gasteiger partial charge in [0.05, 0.1) is 6.20 Å². The van der Waals surface area contributed by atoms with Gasteiger partial charge in [0.15, 0.2) is 0 Å². The Kier molecular flexibility index (Phi) is 2.33. The van der Waals surface area contributed by atoms with Gasteiger partial charge >= 0.3 is 0 Å². The van der Waals surface area contributed by atoms with E-state index in [1.165, 1.54) is 11.9 Å². The van der Waals surface area contributed by atoms with E-state index < -0.39 is 0 Å². The topological polar surface area (TPSA) is 52.0 Å². The lowest BCUT2D eigenvalue weighted by Crippen LogP contribution is -1.80. The van der Waals surface area contributed by atoms with Crippen molar-refractivity contribution in [1.82, 2.24) is 4.98 Å². The minimum atomic E-state index is 0.633. The highest BCUT2D eigenvalue weighted by Gasteiger charge is 2.00. The molecule has 3 nitrogen and oxygen atoms in total. The van der Waals surface area contributed by atoms with Crippen LogP contribution in [0.3, 0.4) is 0 Å². The summed E-state index contributed by atoms with van der Waals surface area (Å²) in [5.41, 5.74) is 0.961. The largest absolute Gasteiger partial charge is 0.445 e. The van der Waals surface area contributed by atoms with Crippen molar-refractivity contribution < 1.29 is 4.42 Å². The van der Waals surface area contributed by atoms with Crippen LogP contribution in [0.2, 0.25) is 0 Å². The van der Waals surface area contributed by atoms with Crippen molar-refractivity contribution >= 4 is 11.9 Å². The van der Waals surface area contributed by atoms with Crippen molar-refractivity contribution in [3.63, 3.8) is 0 Å². The van der Waals surface area contributed by atoms with Crippen LogP contribution < -0.4 is 5.14 Å². The average Bonchev–Trinajstić information content (AvgIpc) is 2.71. The maximum atomic E-state index is 5.40. The predicted octanol–water partition coefficient (Wildman–Crippen LogP) is 2.31. The fourth-order valence-corrected chi connectivity index (χ4v) is 1.34. The van der Waals surface area contributed by atoms with Crippen molar-refractivity contribution in [2.45, 2.75) is 4.90 Å². The summed E-state index contributed by atoms with van der Waals surface area (Å²) >= 11 is 1.22. The zero-order chi connectivity index (χ0) is 9.10. The fraction of sp³-hybridized carbons (Fsp3) is 0. The van der Waals surface area contributed by atoms with Gasteiger partial charge in [-0.15, -0.1) is 0 Å². The number of aromatic nitrogens is 1. The molecule has 2 aromatic rings. The van der Waals surface area contributed by atoms with E-state index in [-0.39, 0.29) is 0 Å². The molecule has 2 rings (SSSR count). The van der Waals surface area contributed by atoms with E-state index in [4.69, 9.17) is 9.56 Å². The summed E-state index contributed by atoms with van der Waals surface area (Å²) in [5.74, 6) is 0.633. The van der Waals surface area contributed by atoms with Crippen LogP contribution in [0.15, 0.2) is 46.0 Å². The van der Waals surface area contributed by atoms with Crippen LogP contribution in [0.1, 0.15) is 0 Å². The number of nitrogens with zero attached hydrogens (tertiary/aromatic N) is 1. The lowest BCUT2D eigenvalue weighted by atomic mass is 10.2. The molecule has 0 saturated carbocycles. The average molecular weight is 192 g/mol. The molecule has 0 spiro atoms. The minimum Gasteiger partial charge on any atom is -0.445 e. The Bertz CT molecular complexity index is 369. The highest BCUT2D eigenvalue weighted by molar-refractivity contribution is 7.97. The van der Waals surface area contributed by atoms with E-state index in [9.17, 15) is 0 Å². The molecule has 1 aromatic carbocycles. The van der Waals surface area contributed by atoms with Crippen LogP contribution in [-0.4, -0.2) is 4.98 Å². The molecule has 1 aromatic heterocycles. The first-order chi connectivity index (χ1) is 6.40. The van der Waals surface area contributed by atoms with Crippen LogP contribution >= 0.6 is 11.9 Å². The van der Waals surface area contributed by atoms with Crippen LogP contribution in [-0.2, 0) is 0 Å². The van der Waals surface area contributed by atoms with Crippen molar-refractivity contribution in [2.24, 2.45) is 5.14 Å². The molecule has 0 unspecified atom stereocenters. The Morgan fingerprint density at radius 2 is 2.00 bits per heavy atom. The number of hydrogen-bond acceptors (Lipinski definition) is 4. The maximum absolute atomic E-state index is 5.40. The molecule has 0 aliphatic rings. The summed E-state index contributed by atoms with van der Waals surface area (Å²) in [5, 5.41) is 5.40. The zero-order valence-electron chi connectivity index (χ0n) is 6.81. The third-order valence-electron chi connectivity index (χ3n) is 1.67. The summed E-state index contributed by atoms with van der Waals surface area (Å²) in [6.45, 7) is 0. The first-order valence-electron chi connectivity index (χ1n) is 3.77. The summed E-state index contributed by atoms with van der Waals surface area (Å²) in [6.07, 6.45) is 3.18. The van der Waals surface area contributed by atoms with Crippen LogP contribution in [0.4, 0.5) is 0 Å². The van der Waals surface area contributed by atoms with E-state index in [1.54, 1.807) is 12.5 Å². The molecular formula is C9H8N2OS. The monoisotopic (exact) mass is 192 g/mol. The second kappa shape index (κ2) is 3.64. The molecule has 0 bridgehead atoms. The number of benzene rings is 1. The lowest BCUT2D eigenvalue weighted by Gasteiger charge is -1.96. The van der Waals surface area contributed by atoms with Crippen molar-refractivity contribution in [2.75, 3.05) is 0 Å². The van der Waals surface area contributed by atoms with E-state index in [1.807, 2.05) is 24.3 Å². The van der Waals surface area contributed by atoms with Gasteiger partial charge in [0.25, 0.3) is 0 Å². The van der Waals surface area contributed by atoms with E-state index in [2.05, 4.69) is 4.98 Å². The molecule has 66 valence electrons. The zero-order valence-corrected chi connectivity index (χ0v) is 7.62. The summed E-state index contributed by atoms with van der Waals surface area (Å²) in [4.78, 5) is 5.06. The summed E-state index contributed by atoms with van der Waals surface area (Å²) in [6, 6.07) is 7.73. The highest BCUT2D eigenvalue weighted by Crippen LogP contribution is 2.20. The second-order valence-corrected chi connectivity index (χ2v) is 3.19. The van der Waals surface area contributed by atoms with E-state index >= 15 is 0 Å². The van der Waals surface area contributed by atoms with Gasteiger partial charge in [-0.2, -0.15) is 0 Å². The lowest BCUT2D eigenvalue weighted by molar-refractivity contribution is 0.574.